The van der Waals surface area contributed by atoms with Gasteiger partial charge in [0.2, 0.25) is 0 Å². The molecule has 2 nitrogen and oxygen atoms in total. The molecule has 1 atom stereocenters. The van der Waals surface area contributed by atoms with Crippen LogP contribution in [-0.4, -0.2) is 10.2 Å². The van der Waals surface area contributed by atoms with Gasteiger partial charge in [-0.3, -0.25) is 4.79 Å². The molecule has 0 aliphatic carbocycles. The monoisotopic (exact) mass is 159 g/mol. The van der Waals surface area contributed by atoms with Gasteiger partial charge in [-0.25, -0.2) is 0 Å². The van der Waals surface area contributed by atoms with Gasteiger partial charge < -0.3 is 5.32 Å². The van der Waals surface area contributed by atoms with E-state index in [-0.39, 0.29) is 0 Å². The van der Waals surface area contributed by atoms with Gasteiger partial charge in [0.25, 0.3) is 0 Å². The SMILES string of the molecule is O=C(Cl)NC(S)Cl. The van der Waals surface area contributed by atoms with E-state index in [4.69, 9.17) is 23.2 Å². The first-order chi connectivity index (χ1) is 3.13. The second kappa shape index (κ2) is 3.41. The van der Waals surface area contributed by atoms with E-state index in [1.165, 1.54) is 0 Å². The van der Waals surface area contributed by atoms with Crippen molar-refractivity contribution in [1.29, 1.82) is 0 Å². The first-order valence-corrected chi connectivity index (χ1v) is 2.74. The van der Waals surface area contributed by atoms with E-state index in [2.05, 4.69) is 17.9 Å². The first kappa shape index (κ1) is 7.40. The fourth-order valence-corrected chi connectivity index (χ4v) is 0.551. The number of carbonyl (C=O) groups is 1. The molecule has 0 aromatic heterocycles. The Labute approximate surface area is 56.6 Å². The van der Waals surface area contributed by atoms with Crippen LogP contribution in [0, 0.1) is 0 Å². The standard InChI is InChI=1S/C2H3Cl2NOS/c3-1(6)5-2(4)7/h2,7H,(H,5,6). The van der Waals surface area contributed by atoms with Gasteiger partial charge in [0.15, 0.2) is 0 Å². The second-order valence-electron chi connectivity index (χ2n) is 0.754. The lowest BCUT2D eigenvalue weighted by atomic mass is 11.2. The summed E-state index contributed by atoms with van der Waals surface area (Å²) in [5.41, 5.74) is 0. The predicted molar refractivity (Wildman–Crippen MR) is 33.0 cm³/mol. The molecule has 0 rings (SSSR count). The molecule has 0 heterocycles. The summed E-state index contributed by atoms with van der Waals surface area (Å²) >= 11 is 13.5. The molecule has 0 saturated carbocycles. The smallest absolute Gasteiger partial charge is 0.315 e. The molecule has 0 bridgehead atoms. The lowest BCUT2D eigenvalue weighted by Gasteiger charge is -1.96. The molecular weight excluding hydrogens is 157 g/mol. The fraction of sp³-hybridized carbons (Fsp3) is 0.500. The van der Waals surface area contributed by atoms with Crippen LogP contribution in [0.3, 0.4) is 0 Å². The minimum Gasteiger partial charge on any atom is -0.318 e. The van der Waals surface area contributed by atoms with E-state index in [9.17, 15) is 4.79 Å². The number of halogens is 2. The maximum atomic E-state index is 9.78. The van der Waals surface area contributed by atoms with Crippen LogP contribution < -0.4 is 5.32 Å². The van der Waals surface area contributed by atoms with Gasteiger partial charge >= 0.3 is 5.37 Å². The molecule has 0 aromatic carbocycles. The largest absolute Gasteiger partial charge is 0.318 e. The molecule has 0 aliphatic rings. The van der Waals surface area contributed by atoms with Crippen LogP contribution in [0.5, 0.6) is 0 Å². The van der Waals surface area contributed by atoms with Crippen molar-refractivity contribution in [2.75, 3.05) is 0 Å². The zero-order chi connectivity index (χ0) is 5.86. The third-order valence-electron chi connectivity index (χ3n) is 0.233. The van der Waals surface area contributed by atoms with Crippen molar-refractivity contribution in [2.24, 2.45) is 0 Å². The van der Waals surface area contributed by atoms with Gasteiger partial charge in [-0.15, -0.1) is 12.6 Å². The fourth-order valence-electron chi connectivity index (χ4n) is 0.0936. The van der Waals surface area contributed by atoms with Gasteiger partial charge in [0, 0.05) is 0 Å². The van der Waals surface area contributed by atoms with Crippen LogP contribution in [0.15, 0.2) is 0 Å². The highest BCUT2D eigenvalue weighted by Crippen LogP contribution is 1.95. The average molecular weight is 160 g/mol. The number of alkyl halides is 1. The van der Waals surface area contributed by atoms with Crippen LogP contribution in [0.25, 0.3) is 0 Å². The summed E-state index contributed by atoms with van der Waals surface area (Å²) < 4.78 is 0. The minimum absolute atomic E-state index is 0.690. The summed E-state index contributed by atoms with van der Waals surface area (Å²) in [7, 11) is 0. The van der Waals surface area contributed by atoms with Crippen molar-refractivity contribution in [2.45, 2.75) is 4.83 Å². The molecule has 7 heavy (non-hydrogen) atoms. The maximum Gasteiger partial charge on any atom is 0.315 e. The van der Waals surface area contributed by atoms with E-state index in [0.717, 1.165) is 0 Å². The molecule has 0 aliphatic heterocycles. The number of hydrogen-bond acceptors (Lipinski definition) is 2. The van der Waals surface area contributed by atoms with E-state index in [0.29, 0.717) is 0 Å². The van der Waals surface area contributed by atoms with Crippen LogP contribution in [-0.2, 0) is 0 Å². The van der Waals surface area contributed by atoms with Crippen molar-refractivity contribution >= 4 is 41.2 Å². The molecule has 0 fully saturated rings. The number of carbonyl (C=O) groups excluding carboxylic acids is 1. The van der Waals surface area contributed by atoms with Crippen LogP contribution in [0.2, 0.25) is 0 Å². The molecule has 0 saturated heterocycles. The van der Waals surface area contributed by atoms with Gasteiger partial charge in [-0.1, -0.05) is 11.6 Å². The molecular formula is C2H3Cl2NOS. The van der Waals surface area contributed by atoms with Crippen LogP contribution in [0.1, 0.15) is 0 Å². The predicted octanol–water partition coefficient (Wildman–Crippen LogP) is 1.39. The van der Waals surface area contributed by atoms with Crippen molar-refractivity contribution in [3.63, 3.8) is 0 Å². The van der Waals surface area contributed by atoms with E-state index in [1.54, 1.807) is 0 Å². The lowest BCUT2D eigenvalue weighted by molar-refractivity contribution is 0.260. The topological polar surface area (TPSA) is 29.1 Å². The highest BCUT2D eigenvalue weighted by Gasteiger charge is 1.96. The van der Waals surface area contributed by atoms with Gasteiger partial charge in [0.1, 0.15) is 4.83 Å². The van der Waals surface area contributed by atoms with Crippen molar-refractivity contribution in [3.8, 4) is 0 Å². The zero-order valence-corrected chi connectivity index (χ0v) is 5.60. The van der Waals surface area contributed by atoms with Crippen LogP contribution in [0.4, 0.5) is 4.79 Å². The summed E-state index contributed by atoms with van der Waals surface area (Å²) in [5, 5.41) is 1.36. The third kappa shape index (κ3) is 6.40. The third-order valence-corrected chi connectivity index (χ3v) is 0.580. The minimum atomic E-state index is -0.699. The highest BCUT2D eigenvalue weighted by molar-refractivity contribution is 7.82. The maximum absolute atomic E-state index is 9.78. The number of nitrogens with one attached hydrogen (secondary N) is 1. The lowest BCUT2D eigenvalue weighted by Crippen LogP contribution is -2.20. The van der Waals surface area contributed by atoms with Crippen molar-refractivity contribution in [3.05, 3.63) is 0 Å². The summed E-state index contributed by atoms with van der Waals surface area (Å²) in [6, 6.07) is 0. The zero-order valence-electron chi connectivity index (χ0n) is 3.19. The molecule has 1 N–H and O–H groups in total. The molecule has 1 amide bonds. The number of rotatable bonds is 1. The number of hydrogen-bond donors (Lipinski definition) is 2. The van der Waals surface area contributed by atoms with Gasteiger partial charge in [-0.05, 0) is 11.6 Å². The Morgan fingerprint density at radius 3 is 2.29 bits per heavy atom. The Balaban J connectivity index is 3.13. The Kier molecular flexibility index (Phi) is 3.60. The summed E-state index contributed by atoms with van der Waals surface area (Å²) in [6.07, 6.45) is 0. The quantitative estimate of drug-likeness (QED) is 0.196. The van der Waals surface area contributed by atoms with Crippen molar-refractivity contribution in [1.82, 2.24) is 5.32 Å². The van der Waals surface area contributed by atoms with Crippen LogP contribution >= 0.6 is 35.8 Å². The highest BCUT2D eigenvalue weighted by atomic mass is 35.5. The average Bonchev–Trinajstić information content (AvgIpc) is 1.27. The summed E-state index contributed by atoms with van der Waals surface area (Å²) in [4.78, 5) is 9.09. The molecule has 5 heteroatoms. The molecule has 0 aromatic rings. The van der Waals surface area contributed by atoms with Gasteiger partial charge in [-0.2, -0.15) is 0 Å². The van der Waals surface area contributed by atoms with E-state index >= 15 is 0 Å². The van der Waals surface area contributed by atoms with Crippen molar-refractivity contribution < 1.29 is 4.79 Å². The second-order valence-corrected chi connectivity index (χ2v) is 2.35. The van der Waals surface area contributed by atoms with E-state index in [1.807, 2.05) is 0 Å². The molecule has 0 spiro atoms. The molecule has 1 unspecified atom stereocenters. The number of amides is 1. The summed E-state index contributed by atoms with van der Waals surface area (Å²) in [6.45, 7) is 0. The Bertz CT molecular complexity index is 76.1. The number of thiol groups is 1. The molecule has 0 radical (unpaired) electrons. The summed E-state index contributed by atoms with van der Waals surface area (Å²) in [5.74, 6) is 0. The Hall–Kier alpha value is 0.400. The Morgan fingerprint density at radius 1 is 1.86 bits per heavy atom. The first-order valence-electron chi connectivity index (χ1n) is 1.41. The van der Waals surface area contributed by atoms with E-state index < -0.39 is 10.2 Å². The molecule has 42 valence electrons. The normalized spacial score (nSPS) is 13.0. The Morgan fingerprint density at radius 2 is 2.29 bits per heavy atom. The van der Waals surface area contributed by atoms with Gasteiger partial charge in [0.05, 0.1) is 0 Å².